The summed E-state index contributed by atoms with van der Waals surface area (Å²) in [6.07, 6.45) is 3.89. The second-order valence-electron chi connectivity index (χ2n) is 5.49. The van der Waals surface area contributed by atoms with Crippen LogP contribution in [-0.4, -0.2) is 45.5 Å². The molecule has 106 valence electrons. The Morgan fingerprint density at radius 3 is 2.20 bits per heavy atom. The molecule has 1 aliphatic rings. The van der Waals surface area contributed by atoms with Gasteiger partial charge in [0.25, 0.3) is 0 Å². The molecule has 0 spiro atoms. The fourth-order valence-corrected chi connectivity index (χ4v) is 2.70. The Morgan fingerprint density at radius 2 is 1.60 bits per heavy atom. The minimum Gasteiger partial charge on any atom is -0.337 e. The second kappa shape index (κ2) is 6.20. The monoisotopic (exact) mass is 270 g/mol. The van der Waals surface area contributed by atoms with E-state index in [1.54, 1.807) is 0 Å². The Balaban J connectivity index is 1.49. The highest BCUT2D eigenvalue weighted by Crippen LogP contribution is 2.10. The molecule has 1 aromatic heterocycles. The number of imidazole rings is 1. The third kappa shape index (κ3) is 3.26. The largest absolute Gasteiger partial charge is 0.337 e. The van der Waals surface area contributed by atoms with Gasteiger partial charge in [0.05, 0.1) is 6.54 Å². The Bertz CT molecular complexity index is 526. The lowest BCUT2D eigenvalue weighted by molar-refractivity contribution is 0.119. The molecule has 3 rings (SSSR count). The highest BCUT2D eigenvalue weighted by molar-refractivity contribution is 5.14. The van der Waals surface area contributed by atoms with Gasteiger partial charge in [-0.2, -0.15) is 0 Å². The van der Waals surface area contributed by atoms with Crippen LogP contribution < -0.4 is 0 Å². The molecule has 2 heterocycles. The van der Waals surface area contributed by atoms with Gasteiger partial charge in [0.2, 0.25) is 0 Å². The lowest BCUT2D eigenvalue weighted by Gasteiger charge is -2.34. The van der Waals surface area contributed by atoms with E-state index in [-0.39, 0.29) is 0 Å². The van der Waals surface area contributed by atoms with E-state index in [2.05, 4.69) is 56.7 Å². The molecule has 1 fully saturated rings. The predicted octanol–water partition coefficient (Wildman–Crippen LogP) is 1.74. The minimum atomic E-state index is 0.961. The number of hydrogen-bond donors (Lipinski definition) is 0. The van der Waals surface area contributed by atoms with E-state index in [9.17, 15) is 0 Å². The van der Waals surface area contributed by atoms with Gasteiger partial charge in [0.1, 0.15) is 5.82 Å². The summed E-state index contributed by atoms with van der Waals surface area (Å²) in [6, 6.07) is 10.7. The maximum atomic E-state index is 4.40. The average molecular weight is 270 g/mol. The number of piperazine rings is 1. The molecule has 20 heavy (non-hydrogen) atoms. The summed E-state index contributed by atoms with van der Waals surface area (Å²) in [4.78, 5) is 9.43. The third-order valence-corrected chi connectivity index (χ3v) is 4.00. The molecular formula is C16H22N4. The molecule has 1 saturated heterocycles. The Morgan fingerprint density at radius 1 is 0.950 bits per heavy atom. The number of aryl methyl sites for hydroxylation is 1. The summed E-state index contributed by atoms with van der Waals surface area (Å²) in [6.45, 7) is 6.55. The Hall–Kier alpha value is -1.65. The number of benzene rings is 1. The van der Waals surface area contributed by atoms with Gasteiger partial charge in [-0.25, -0.2) is 4.98 Å². The van der Waals surface area contributed by atoms with Crippen LogP contribution in [0.5, 0.6) is 0 Å². The van der Waals surface area contributed by atoms with Crippen LogP contribution in [-0.2, 0) is 20.1 Å². The van der Waals surface area contributed by atoms with Gasteiger partial charge in [-0.3, -0.25) is 9.80 Å². The standard InChI is InChI=1S/C16H22N4/c1-18-8-7-17-16(18)14-20-11-9-19(10-12-20)13-15-5-3-2-4-6-15/h2-8H,9-14H2,1H3. The molecule has 1 aliphatic heterocycles. The van der Waals surface area contributed by atoms with Crippen molar-refractivity contribution >= 4 is 0 Å². The summed E-state index contributed by atoms with van der Waals surface area (Å²) >= 11 is 0. The molecule has 4 nitrogen and oxygen atoms in total. The van der Waals surface area contributed by atoms with Gasteiger partial charge in [0.15, 0.2) is 0 Å². The lowest BCUT2D eigenvalue weighted by atomic mass is 10.2. The minimum absolute atomic E-state index is 0.961. The van der Waals surface area contributed by atoms with Crippen LogP contribution in [0.4, 0.5) is 0 Å². The molecule has 2 aromatic rings. The summed E-state index contributed by atoms with van der Waals surface area (Å²) in [7, 11) is 2.06. The van der Waals surface area contributed by atoms with Crippen molar-refractivity contribution in [1.29, 1.82) is 0 Å². The topological polar surface area (TPSA) is 24.3 Å². The average Bonchev–Trinajstić information content (AvgIpc) is 2.88. The molecule has 1 aromatic carbocycles. The van der Waals surface area contributed by atoms with Gasteiger partial charge < -0.3 is 4.57 Å². The summed E-state index contributed by atoms with van der Waals surface area (Å²) in [5.41, 5.74) is 1.41. The molecule has 0 radical (unpaired) electrons. The number of aromatic nitrogens is 2. The van der Waals surface area contributed by atoms with E-state index in [0.717, 1.165) is 45.1 Å². The molecule has 0 amide bonds. The molecule has 0 N–H and O–H groups in total. The van der Waals surface area contributed by atoms with E-state index >= 15 is 0 Å². The fraction of sp³-hybridized carbons (Fsp3) is 0.438. The van der Waals surface area contributed by atoms with Crippen molar-refractivity contribution in [2.45, 2.75) is 13.1 Å². The van der Waals surface area contributed by atoms with E-state index in [4.69, 9.17) is 0 Å². The van der Waals surface area contributed by atoms with Crippen molar-refractivity contribution in [1.82, 2.24) is 19.4 Å². The van der Waals surface area contributed by atoms with Crippen LogP contribution in [0.3, 0.4) is 0 Å². The molecule has 0 saturated carbocycles. The van der Waals surface area contributed by atoms with Crippen molar-refractivity contribution in [2.75, 3.05) is 26.2 Å². The molecule has 4 heteroatoms. The molecular weight excluding hydrogens is 248 g/mol. The maximum absolute atomic E-state index is 4.40. The van der Waals surface area contributed by atoms with Crippen LogP contribution in [0.1, 0.15) is 11.4 Å². The maximum Gasteiger partial charge on any atom is 0.122 e. The normalized spacial score (nSPS) is 17.4. The highest BCUT2D eigenvalue weighted by atomic mass is 15.3. The van der Waals surface area contributed by atoms with Crippen LogP contribution in [0, 0.1) is 0 Å². The second-order valence-corrected chi connectivity index (χ2v) is 5.49. The summed E-state index contributed by atoms with van der Waals surface area (Å²) in [5.74, 6) is 1.15. The smallest absolute Gasteiger partial charge is 0.122 e. The first-order valence-corrected chi connectivity index (χ1v) is 7.26. The third-order valence-electron chi connectivity index (χ3n) is 4.00. The first kappa shape index (κ1) is 13.3. The zero-order valence-corrected chi connectivity index (χ0v) is 12.1. The zero-order valence-electron chi connectivity index (χ0n) is 12.1. The highest BCUT2D eigenvalue weighted by Gasteiger charge is 2.18. The Labute approximate surface area is 120 Å². The van der Waals surface area contributed by atoms with Crippen LogP contribution in [0.15, 0.2) is 42.7 Å². The molecule has 0 bridgehead atoms. The van der Waals surface area contributed by atoms with Crippen LogP contribution >= 0.6 is 0 Å². The number of hydrogen-bond acceptors (Lipinski definition) is 3. The molecule has 0 aliphatic carbocycles. The number of rotatable bonds is 4. The predicted molar refractivity (Wildman–Crippen MR) is 80.2 cm³/mol. The van der Waals surface area contributed by atoms with Crippen LogP contribution in [0.25, 0.3) is 0 Å². The SMILES string of the molecule is Cn1ccnc1CN1CCN(Cc2ccccc2)CC1. The van der Waals surface area contributed by atoms with E-state index in [0.29, 0.717) is 0 Å². The van der Waals surface area contributed by atoms with Crippen molar-refractivity contribution < 1.29 is 0 Å². The van der Waals surface area contributed by atoms with Gasteiger partial charge in [-0.1, -0.05) is 30.3 Å². The quantitative estimate of drug-likeness (QED) is 0.846. The lowest BCUT2D eigenvalue weighted by Crippen LogP contribution is -2.45. The van der Waals surface area contributed by atoms with Crippen molar-refractivity contribution in [3.05, 3.63) is 54.1 Å². The summed E-state index contributed by atoms with van der Waals surface area (Å²) < 4.78 is 2.11. The van der Waals surface area contributed by atoms with Gasteiger partial charge in [-0.15, -0.1) is 0 Å². The first-order valence-electron chi connectivity index (χ1n) is 7.26. The van der Waals surface area contributed by atoms with E-state index < -0.39 is 0 Å². The van der Waals surface area contributed by atoms with E-state index in [1.165, 1.54) is 5.56 Å². The molecule has 0 atom stereocenters. The zero-order chi connectivity index (χ0) is 13.8. The van der Waals surface area contributed by atoms with Crippen molar-refractivity contribution in [2.24, 2.45) is 7.05 Å². The van der Waals surface area contributed by atoms with Gasteiger partial charge in [0, 0.05) is 52.2 Å². The van der Waals surface area contributed by atoms with Crippen molar-refractivity contribution in [3.63, 3.8) is 0 Å². The van der Waals surface area contributed by atoms with E-state index in [1.807, 2.05) is 12.4 Å². The van der Waals surface area contributed by atoms with Crippen LogP contribution in [0.2, 0.25) is 0 Å². The van der Waals surface area contributed by atoms with Gasteiger partial charge >= 0.3 is 0 Å². The Kier molecular flexibility index (Phi) is 4.14. The summed E-state index contributed by atoms with van der Waals surface area (Å²) in [5, 5.41) is 0. The molecule has 0 unspecified atom stereocenters. The number of nitrogens with zero attached hydrogens (tertiary/aromatic N) is 4. The first-order chi connectivity index (χ1) is 9.81. The fourth-order valence-electron chi connectivity index (χ4n) is 2.70. The van der Waals surface area contributed by atoms with Crippen molar-refractivity contribution in [3.8, 4) is 0 Å². The van der Waals surface area contributed by atoms with Gasteiger partial charge in [-0.05, 0) is 5.56 Å².